The molecule has 1 aliphatic rings. The van der Waals surface area contributed by atoms with Crippen LogP contribution in [0.4, 0.5) is 9.59 Å². The molecule has 2 amide bonds. The number of rotatable bonds is 8. The SMILES string of the molecule is CC(C)(C)OC(=O)NCCC(CC(=O)O)NC(=O)OCC1c2ccccc2-c2ccccc21. The Morgan fingerprint density at radius 1 is 0.970 bits per heavy atom. The first-order chi connectivity index (χ1) is 15.6. The first-order valence-electron chi connectivity index (χ1n) is 10.9. The first-order valence-corrected chi connectivity index (χ1v) is 10.9. The van der Waals surface area contributed by atoms with Crippen LogP contribution in [-0.2, 0) is 14.3 Å². The lowest BCUT2D eigenvalue weighted by atomic mass is 9.98. The topological polar surface area (TPSA) is 114 Å². The molecule has 1 unspecified atom stereocenters. The van der Waals surface area contributed by atoms with E-state index in [1.54, 1.807) is 20.8 Å². The zero-order valence-electron chi connectivity index (χ0n) is 19.1. The number of nitrogens with one attached hydrogen (secondary N) is 2. The molecule has 2 aromatic rings. The number of fused-ring (bicyclic) bond motifs is 3. The Kier molecular flexibility index (Phi) is 7.58. The number of alkyl carbamates (subject to hydrolysis) is 2. The van der Waals surface area contributed by atoms with E-state index in [2.05, 4.69) is 22.8 Å². The van der Waals surface area contributed by atoms with E-state index in [0.29, 0.717) is 0 Å². The highest BCUT2D eigenvalue weighted by Crippen LogP contribution is 2.44. The smallest absolute Gasteiger partial charge is 0.407 e. The molecule has 0 bridgehead atoms. The number of hydrogen-bond donors (Lipinski definition) is 3. The van der Waals surface area contributed by atoms with E-state index in [0.717, 1.165) is 22.3 Å². The zero-order valence-corrected chi connectivity index (χ0v) is 19.1. The number of amides is 2. The van der Waals surface area contributed by atoms with Gasteiger partial charge in [-0.3, -0.25) is 4.79 Å². The maximum atomic E-state index is 12.5. The van der Waals surface area contributed by atoms with Crippen LogP contribution < -0.4 is 10.6 Å². The van der Waals surface area contributed by atoms with Crippen molar-refractivity contribution in [3.05, 3.63) is 59.7 Å². The molecule has 0 aromatic heterocycles. The van der Waals surface area contributed by atoms with Gasteiger partial charge in [-0.1, -0.05) is 48.5 Å². The predicted octanol–water partition coefficient (Wildman–Crippen LogP) is 4.28. The van der Waals surface area contributed by atoms with Crippen molar-refractivity contribution in [3.8, 4) is 11.1 Å². The summed E-state index contributed by atoms with van der Waals surface area (Å²) in [5.74, 6) is -1.15. The lowest BCUT2D eigenvalue weighted by Crippen LogP contribution is -2.40. The van der Waals surface area contributed by atoms with Crippen molar-refractivity contribution in [2.75, 3.05) is 13.2 Å². The van der Waals surface area contributed by atoms with Gasteiger partial charge in [0.25, 0.3) is 0 Å². The lowest BCUT2D eigenvalue weighted by Gasteiger charge is -2.21. The molecule has 1 atom stereocenters. The molecule has 0 fully saturated rings. The van der Waals surface area contributed by atoms with E-state index in [9.17, 15) is 19.5 Å². The quantitative estimate of drug-likeness (QED) is 0.549. The highest BCUT2D eigenvalue weighted by Gasteiger charge is 2.29. The van der Waals surface area contributed by atoms with Gasteiger partial charge in [-0.05, 0) is 49.4 Å². The molecule has 3 rings (SSSR count). The molecule has 176 valence electrons. The van der Waals surface area contributed by atoms with Gasteiger partial charge in [0.15, 0.2) is 0 Å². The van der Waals surface area contributed by atoms with E-state index in [1.807, 2.05) is 36.4 Å². The fourth-order valence-corrected chi connectivity index (χ4v) is 3.91. The summed E-state index contributed by atoms with van der Waals surface area (Å²) in [5.41, 5.74) is 3.80. The number of carbonyl (C=O) groups excluding carboxylic acids is 2. The van der Waals surface area contributed by atoms with Crippen LogP contribution in [0.3, 0.4) is 0 Å². The van der Waals surface area contributed by atoms with E-state index in [1.165, 1.54) is 0 Å². The van der Waals surface area contributed by atoms with Crippen LogP contribution in [0.2, 0.25) is 0 Å². The molecule has 0 radical (unpaired) electrons. The van der Waals surface area contributed by atoms with Crippen molar-refractivity contribution >= 4 is 18.2 Å². The number of aliphatic carboxylic acids is 1. The summed E-state index contributed by atoms with van der Waals surface area (Å²) in [6.45, 7) is 5.53. The summed E-state index contributed by atoms with van der Waals surface area (Å²) in [6, 6.07) is 15.3. The Morgan fingerprint density at radius 2 is 1.55 bits per heavy atom. The molecule has 0 aliphatic heterocycles. The Bertz CT molecular complexity index is 968. The number of hydrogen-bond acceptors (Lipinski definition) is 5. The van der Waals surface area contributed by atoms with Crippen LogP contribution in [0.15, 0.2) is 48.5 Å². The lowest BCUT2D eigenvalue weighted by molar-refractivity contribution is -0.137. The molecule has 8 heteroatoms. The predicted molar refractivity (Wildman–Crippen MR) is 123 cm³/mol. The number of carbonyl (C=O) groups is 3. The minimum absolute atomic E-state index is 0.0880. The summed E-state index contributed by atoms with van der Waals surface area (Å²) < 4.78 is 10.6. The Balaban J connectivity index is 1.55. The van der Waals surface area contributed by atoms with E-state index in [-0.39, 0.29) is 31.9 Å². The van der Waals surface area contributed by atoms with Gasteiger partial charge < -0.3 is 25.2 Å². The largest absolute Gasteiger partial charge is 0.481 e. The molecule has 1 aliphatic carbocycles. The number of carboxylic acids is 1. The maximum absolute atomic E-state index is 12.5. The first kappa shape index (κ1) is 24.1. The van der Waals surface area contributed by atoms with Crippen molar-refractivity contribution in [1.82, 2.24) is 10.6 Å². The third-order valence-corrected chi connectivity index (χ3v) is 5.25. The molecule has 0 saturated heterocycles. The van der Waals surface area contributed by atoms with Crippen molar-refractivity contribution in [1.29, 1.82) is 0 Å². The molecule has 0 heterocycles. The van der Waals surface area contributed by atoms with Gasteiger partial charge in [0.1, 0.15) is 12.2 Å². The summed E-state index contributed by atoms with van der Waals surface area (Å²) in [4.78, 5) is 35.4. The molecule has 3 N–H and O–H groups in total. The maximum Gasteiger partial charge on any atom is 0.407 e. The fourth-order valence-electron chi connectivity index (χ4n) is 3.91. The van der Waals surface area contributed by atoms with Crippen LogP contribution in [0.5, 0.6) is 0 Å². The van der Waals surface area contributed by atoms with Crippen LogP contribution in [0.25, 0.3) is 11.1 Å². The molecule has 0 spiro atoms. The van der Waals surface area contributed by atoms with E-state index < -0.39 is 29.8 Å². The Morgan fingerprint density at radius 3 is 2.09 bits per heavy atom. The van der Waals surface area contributed by atoms with Crippen molar-refractivity contribution < 1.29 is 29.0 Å². The van der Waals surface area contributed by atoms with Gasteiger partial charge in [-0.15, -0.1) is 0 Å². The van der Waals surface area contributed by atoms with Crippen LogP contribution >= 0.6 is 0 Å². The number of ether oxygens (including phenoxy) is 2. The normalized spacial score (nSPS) is 13.4. The fraction of sp³-hybridized carbons (Fsp3) is 0.400. The average Bonchev–Trinajstić information content (AvgIpc) is 3.04. The molecule has 8 nitrogen and oxygen atoms in total. The monoisotopic (exact) mass is 454 g/mol. The highest BCUT2D eigenvalue weighted by molar-refractivity contribution is 5.79. The minimum atomic E-state index is -1.06. The number of carboxylic acid groups (broad SMARTS) is 1. The molecule has 33 heavy (non-hydrogen) atoms. The highest BCUT2D eigenvalue weighted by atomic mass is 16.6. The van der Waals surface area contributed by atoms with Crippen molar-refractivity contribution in [2.24, 2.45) is 0 Å². The van der Waals surface area contributed by atoms with Crippen LogP contribution in [0, 0.1) is 0 Å². The molecule has 2 aromatic carbocycles. The van der Waals surface area contributed by atoms with Gasteiger partial charge in [-0.25, -0.2) is 9.59 Å². The minimum Gasteiger partial charge on any atom is -0.481 e. The number of benzene rings is 2. The Hall–Kier alpha value is -3.55. The summed E-state index contributed by atoms with van der Waals surface area (Å²) in [5, 5.41) is 14.4. The van der Waals surface area contributed by atoms with E-state index in [4.69, 9.17) is 9.47 Å². The molecular weight excluding hydrogens is 424 g/mol. The van der Waals surface area contributed by atoms with E-state index >= 15 is 0 Å². The van der Waals surface area contributed by atoms with Crippen molar-refractivity contribution in [2.45, 2.75) is 51.2 Å². The third kappa shape index (κ3) is 6.71. The second-order valence-electron chi connectivity index (χ2n) is 8.98. The molecular formula is C25H30N2O6. The van der Waals surface area contributed by atoms with Crippen LogP contribution in [-0.4, -0.2) is 48.1 Å². The molecule has 0 saturated carbocycles. The second kappa shape index (κ2) is 10.4. The van der Waals surface area contributed by atoms with Gasteiger partial charge in [-0.2, -0.15) is 0 Å². The average molecular weight is 455 g/mol. The summed E-state index contributed by atoms with van der Waals surface area (Å²) in [7, 11) is 0. The van der Waals surface area contributed by atoms with Gasteiger partial charge in [0, 0.05) is 18.5 Å². The van der Waals surface area contributed by atoms with Gasteiger partial charge >= 0.3 is 18.2 Å². The van der Waals surface area contributed by atoms with Gasteiger partial charge in [0.2, 0.25) is 0 Å². The third-order valence-electron chi connectivity index (χ3n) is 5.25. The summed E-state index contributed by atoms with van der Waals surface area (Å²) in [6.07, 6.45) is -1.37. The summed E-state index contributed by atoms with van der Waals surface area (Å²) >= 11 is 0. The zero-order chi connectivity index (χ0) is 24.0. The Labute approximate surface area is 193 Å². The standard InChI is InChI=1S/C25H30N2O6/c1-25(2,3)33-23(30)26-13-12-16(14-22(28)29)27-24(31)32-15-21-19-10-6-4-8-17(19)18-9-5-7-11-20(18)21/h4-11,16,21H,12-15H2,1-3H3,(H,26,30)(H,27,31)(H,28,29). The van der Waals surface area contributed by atoms with Crippen LogP contribution in [0.1, 0.15) is 50.7 Å². The van der Waals surface area contributed by atoms with Gasteiger partial charge in [0.05, 0.1) is 6.42 Å². The van der Waals surface area contributed by atoms with Crippen molar-refractivity contribution in [3.63, 3.8) is 0 Å². The second-order valence-corrected chi connectivity index (χ2v) is 8.98.